The predicted octanol–water partition coefficient (Wildman–Crippen LogP) is 2.04. The Morgan fingerprint density at radius 2 is 2.13 bits per heavy atom. The lowest BCUT2D eigenvalue weighted by Crippen LogP contribution is -1.87. The van der Waals surface area contributed by atoms with E-state index in [0.717, 1.165) is 11.1 Å². The molecule has 0 radical (unpaired) electrons. The van der Waals surface area contributed by atoms with E-state index < -0.39 is 0 Å². The Morgan fingerprint density at radius 1 is 1.40 bits per heavy atom. The highest BCUT2D eigenvalue weighted by Crippen LogP contribution is 2.27. The van der Waals surface area contributed by atoms with E-state index in [2.05, 4.69) is 4.98 Å². The molecule has 0 saturated carbocycles. The largest absolute Gasteiger partial charge is 0.423 e. The van der Waals surface area contributed by atoms with E-state index in [1.165, 1.54) is 0 Å². The molecule has 0 atom stereocenters. The summed E-state index contributed by atoms with van der Waals surface area (Å²) in [5.41, 5.74) is 7.49. The molecule has 1 heterocycles. The van der Waals surface area contributed by atoms with Crippen LogP contribution in [0.4, 0.5) is 6.01 Å². The van der Waals surface area contributed by atoms with Gasteiger partial charge in [-0.2, -0.15) is 4.98 Å². The SMILES string of the molecule is Cc1ccccc1-c1oc(N)nc1C=O. The second kappa shape index (κ2) is 3.57. The van der Waals surface area contributed by atoms with Gasteiger partial charge in [-0.1, -0.05) is 24.3 Å². The third-order valence-corrected chi connectivity index (χ3v) is 2.17. The molecule has 1 aromatic heterocycles. The molecule has 0 spiro atoms. The first-order valence-corrected chi connectivity index (χ1v) is 4.50. The maximum Gasteiger partial charge on any atom is 0.293 e. The summed E-state index contributed by atoms with van der Waals surface area (Å²) in [6, 6.07) is 7.59. The lowest BCUT2D eigenvalue weighted by molar-refractivity contribution is 0.112. The standard InChI is InChI=1S/C11H10N2O2/c1-7-4-2-3-5-8(7)10-9(6-14)13-11(12)15-10/h2-6H,1H3,(H2,12,13). The molecule has 0 amide bonds. The van der Waals surface area contributed by atoms with E-state index in [1.54, 1.807) is 0 Å². The van der Waals surface area contributed by atoms with Gasteiger partial charge in [0, 0.05) is 5.56 Å². The van der Waals surface area contributed by atoms with E-state index in [0.29, 0.717) is 12.0 Å². The molecule has 2 aromatic rings. The minimum absolute atomic E-state index is 0.00959. The van der Waals surface area contributed by atoms with Gasteiger partial charge in [0.1, 0.15) is 0 Å². The molecule has 0 bridgehead atoms. The molecule has 4 nitrogen and oxygen atoms in total. The molecule has 0 aliphatic carbocycles. The molecule has 15 heavy (non-hydrogen) atoms. The third-order valence-electron chi connectivity index (χ3n) is 2.17. The van der Waals surface area contributed by atoms with Crippen molar-refractivity contribution in [2.75, 3.05) is 5.73 Å². The number of aryl methyl sites for hydroxylation is 1. The smallest absolute Gasteiger partial charge is 0.293 e. The van der Waals surface area contributed by atoms with Crippen molar-refractivity contribution in [1.29, 1.82) is 0 Å². The van der Waals surface area contributed by atoms with Crippen molar-refractivity contribution in [1.82, 2.24) is 4.98 Å². The molecular formula is C11H10N2O2. The van der Waals surface area contributed by atoms with Gasteiger partial charge in [0.05, 0.1) is 0 Å². The summed E-state index contributed by atoms with van der Waals surface area (Å²) < 4.78 is 5.21. The van der Waals surface area contributed by atoms with Crippen LogP contribution in [-0.2, 0) is 0 Å². The fraction of sp³-hybridized carbons (Fsp3) is 0.0909. The second-order valence-corrected chi connectivity index (χ2v) is 3.20. The normalized spacial score (nSPS) is 10.2. The predicted molar refractivity (Wildman–Crippen MR) is 56.5 cm³/mol. The Labute approximate surface area is 86.7 Å². The molecule has 4 heteroatoms. The number of carbonyl (C=O) groups is 1. The average molecular weight is 202 g/mol. The fourth-order valence-electron chi connectivity index (χ4n) is 1.45. The molecule has 2 rings (SSSR count). The van der Waals surface area contributed by atoms with E-state index in [9.17, 15) is 4.79 Å². The fourth-order valence-corrected chi connectivity index (χ4v) is 1.45. The molecule has 0 fully saturated rings. The summed E-state index contributed by atoms with van der Waals surface area (Å²) in [4.78, 5) is 14.5. The van der Waals surface area contributed by atoms with Gasteiger partial charge in [0.25, 0.3) is 6.01 Å². The molecule has 76 valence electrons. The Kier molecular flexibility index (Phi) is 2.25. The highest BCUT2D eigenvalue weighted by molar-refractivity contribution is 5.84. The van der Waals surface area contributed by atoms with Crippen molar-refractivity contribution >= 4 is 12.3 Å². The van der Waals surface area contributed by atoms with Crippen molar-refractivity contribution in [2.24, 2.45) is 0 Å². The minimum Gasteiger partial charge on any atom is -0.423 e. The van der Waals surface area contributed by atoms with Crippen LogP contribution in [0.15, 0.2) is 28.7 Å². The molecular weight excluding hydrogens is 192 g/mol. The Bertz CT molecular complexity index is 503. The number of nitrogens with two attached hydrogens (primary N) is 1. The van der Waals surface area contributed by atoms with Crippen LogP contribution in [0, 0.1) is 6.92 Å². The number of aromatic nitrogens is 1. The summed E-state index contributed by atoms with van der Waals surface area (Å²) in [6.07, 6.45) is 0.641. The molecule has 0 unspecified atom stereocenters. The first kappa shape index (κ1) is 9.45. The molecule has 0 saturated heterocycles. The van der Waals surface area contributed by atoms with E-state index in [4.69, 9.17) is 10.2 Å². The van der Waals surface area contributed by atoms with Crippen molar-refractivity contribution in [3.8, 4) is 11.3 Å². The topological polar surface area (TPSA) is 69.1 Å². The van der Waals surface area contributed by atoms with Gasteiger partial charge in [-0.05, 0) is 12.5 Å². The average Bonchev–Trinajstić information content (AvgIpc) is 2.60. The number of aldehydes is 1. The van der Waals surface area contributed by atoms with E-state index >= 15 is 0 Å². The lowest BCUT2D eigenvalue weighted by Gasteiger charge is -2.00. The highest BCUT2D eigenvalue weighted by atomic mass is 16.4. The molecule has 0 aliphatic rings. The van der Waals surface area contributed by atoms with Crippen LogP contribution >= 0.6 is 0 Å². The van der Waals surface area contributed by atoms with Gasteiger partial charge in [-0.25, -0.2) is 0 Å². The second-order valence-electron chi connectivity index (χ2n) is 3.20. The van der Waals surface area contributed by atoms with Gasteiger partial charge < -0.3 is 10.2 Å². The van der Waals surface area contributed by atoms with Gasteiger partial charge in [0.15, 0.2) is 17.7 Å². The molecule has 1 aromatic carbocycles. The number of hydrogen-bond acceptors (Lipinski definition) is 4. The van der Waals surface area contributed by atoms with Crippen molar-refractivity contribution in [3.63, 3.8) is 0 Å². The number of anilines is 1. The summed E-state index contributed by atoms with van der Waals surface area (Å²) >= 11 is 0. The number of nitrogen functional groups attached to an aromatic ring is 1. The van der Waals surface area contributed by atoms with Crippen LogP contribution in [0.25, 0.3) is 11.3 Å². The third kappa shape index (κ3) is 1.61. The van der Waals surface area contributed by atoms with Crippen molar-refractivity contribution < 1.29 is 9.21 Å². The Morgan fingerprint density at radius 3 is 2.80 bits per heavy atom. The van der Waals surface area contributed by atoms with Gasteiger partial charge in [-0.15, -0.1) is 0 Å². The minimum atomic E-state index is 0.00959. The number of rotatable bonds is 2. The van der Waals surface area contributed by atoms with Gasteiger partial charge in [0.2, 0.25) is 0 Å². The zero-order chi connectivity index (χ0) is 10.8. The first-order chi connectivity index (χ1) is 7.22. The lowest BCUT2D eigenvalue weighted by atomic mass is 10.1. The van der Waals surface area contributed by atoms with Crippen LogP contribution in [0.3, 0.4) is 0 Å². The van der Waals surface area contributed by atoms with Crippen LogP contribution < -0.4 is 5.73 Å². The highest BCUT2D eigenvalue weighted by Gasteiger charge is 2.14. The van der Waals surface area contributed by atoms with Crippen molar-refractivity contribution in [2.45, 2.75) is 6.92 Å². The number of hydrogen-bond donors (Lipinski definition) is 1. The first-order valence-electron chi connectivity index (χ1n) is 4.50. The van der Waals surface area contributed by atoms with Gasteiger partial charge >= 0.3 is 0 Å². The van der Waals surface area contributed by atoms with Crippen LogP contribution in [0.5, 0.6) is 0 Å². The zero-order valence-corrected chi connectivity index (χ0v) is 8.23. The quantitative estimate of drug-likeness (QED) is 0.756. The van der Waals surface area contributed by atoms with Crippen molar-refractivity contribution in [3.05, 3.63) is 35.5 Å². The summed E-state index contributed by atoms with van der Waals surface area (Å²) in [6.45, 7) is 1.93. The summed E-state index contributed by atoms with van der Waals surface area (Å²) in [5, 5.41) is 0. The monoisotopic (exact) mass is 202 g/mol. The van der Waals surface area contributed by atoms with Crippen LogP contribution in [0.1, 0.15) is 16.1 Å². The maximum absolute atomic E-state index is 10.7. The van der Waals surface area contributed by atoms with Crippen LogP contribution in [0.2, 0.25) is 0 Å². The number of benzene rings is 1. The van der Waals surface area contributed by atoms with E-state index in [1.807, 2.05) is 31.2 Å². The number of nitrogens with zero attached hydrogens (tertiary/aromatic N) is 1. The number of oxazole rings is 1. The molecule has 2 N–H and O–H groups in total. The summed E-state index contributed by atoms with van der Waals surface area (Å²) in [7, 11) is 0. The Hall–Kier alpha value is -2.10. The maximum atomic E-state index is 10.7. The van der Waals surface area contributed by atoms with Gasteiger partial charge in [-0.3, -0.25) is 4.79 Å². The Balaban J connectivity index is 2.63. The zero-order valence-electron chi connectivity index (χ0n) is 8.23. The summed E-state index contributed by atoms with van der Waals surface area (Å²) in [5.74, 6) is 0.431. The van der Waals surface area contributed by atoms with E-state index in [-0.39, 0.29) is 11.7 Å². The molecule has 0 aliphatic heterocycles. The van der Waals surface area contributed by atoms with Crippen LogP contribution in [-0.4, -0.2) is 11.3 Å². The number of carbonyl (C=O) groups excluding carboxylic acids is 1.